The van der Waals surface area contributed by atoms with E-state index >= 15 is 0 Å². The van der Waals surface area contributed by atoms with Gasteiger partial charge >= 0.3 is 5.97 Å². The molecule has 2 aromatic heterocycles. The number of anilines is 2. The predicted octanol–water partition coefficient (Wildman–Crippen LogP) is 4.19. The predicted molar refractivity (Wildman–Crippen MR) is 133 cm³/mol. The van der Waals surface area contributed by atoms with Crippen molar-refractivity contribution in [2.45, 2.75) is 12.1 Å². The zero-order chi connectivity index (χ0) is 24.1. The second-order valence-electron chi connectivity index (χ2n) is 7.18. The van der Waals surface area contributed by atoms with Crippen LogP contribution in [0, 0.1) is 0 Å². The fourth-order valence-corrected chi connectivity index (χ4v) is 4.72. The van der Waals surface area contributed by atoms with Gasteiger partial charge in [0.1, 0.15) is 11.2 Å². The molecule has 0 aliphatic carbocycles. The lowest BCUT2D eigenvalue weighted by atomic mass is 10.1. The van der Waals surface area contributed by atoms with E-state index < -0.39 is 0 Å². The van der Waals surface area contributed by atoms with Crippen molar-refractivity contribution in [2.24, 2.45) is 7.05 Å². The Morgan fingerprint density at radius 2 is 1.91 bits per heavy atom. The lowest BCUT2D eigenvalue weighted by molar-refractivity contribution is -0.113. The summed E-state index contributed by atoms with van der Waals surface area (Å²) in [4.78, 5) is 37.6. The van der Waals surface area contributed by atoms with Crippen LogP contribution in [0.3, 0.4) is 0 Å². The zero-order valence-corrected chi connectivity index (χ0v) is 20.0. The van der Waals surface area contributed by atoms with Crippen LogP contribution in [0.1, 0.15) is 27.0 Å². The number of nitrogens with one attached hydrogen (secondary N) is 2. The number of ether oxygens (including phenoxy) is 1. The molecule has 0 saturated heterocycles. The van der Waals surface area contributed by atoms with Gasteiger partial charge in [0.05, 0.1) is 12.4 Å². The quantitative estimate of drug-likeness (QED) is 0.278. The molecule has 0 spiro atoms. The topological polar surface area (TPSA) is 115 Å². The van der Waals surface area contributed by atoms with Gasteiger partial charge in [0.15, 0.2) is 5.16 Å². The summed E-state index contributed by atoms with van der Waals surface area (Å²) in [6.07, 6.45) is 1.57. The number of hydrogen-bond acceptors (Lipinski definition) is 8. The number of carbonyl (C=O) groups excluding carboxylic acids is 3. The van der Waals surface area contributed by atoms with Gasteiger partial charge in [0.25, 0.3) is 5.91 Å². The number of thiophene rings is 1. The minimum Gasteiger partial charge on any atom is -0.462 e. The number of carbonyl (C=O) groups is 3. The van der Waals surface area contributed by atoms with Crippen molar-refractivity contribution >= 4 is 62.3 Å². The van der Waals surface area contributed by atoms with Crippen molar-refractivity contribution in [3.8, 4) is 0 Å². The van der Waals surface area contributed by atoms with Crippen molar-refractivity contribution in [1.82, 2.24) is 14.8 Å². The number of fused-ring (bicyclic) bond motifs is 1. The van der Waals surface area contributed by atoms with Crippen LogP contribution in [0.5, 0.6) is 0 Å². The van der Waals surface area contributed by atoms with Gasteiger partial charge in [-0.3, -0.25) is 9.59 Å². The summed E-state index contributed by atoms with van der Waals surface area (Å²) in [5.74, 6) is -0.726. The summed E-state index contributed by atoms with van der Waals surface area (Å²) in [6.45, 7) is 2.08. The number of rotatable bonds is 8. The molecule has 0 aliphatic rings. The van der Waals surface area contributed by atoms with Gasteiger partial charge in [-0.2, -0.15) is 0 Å². The molecule has 4 rings (SSSR count). The van der Waals surface area contributed by atoms with Crippen molar-refractivity contribution in [3.63, 3.8) is 0 Å². The molecule has 174 valence electrons. The first-order valence-corrected chi connectivity index (χ1v) is 12.1. The van der Waals surface area contributed by atoms with Gasteiger partial charge in [-0.25, -0.2) is 4.79 Å². The van der Waals surface area contributed by atoms with Crippen LogP contribution in [-0.2, 0) is 16.6 Å². The van der Waals surface area contributed by atoms with E-state index in [1.165, 1.54) is 23.1 Å². The van der Waals surface area contributed by atoms with Crippen LogP contribution >= 0.6 is 23.1 Å². The maximum absolute atomic E-state index is 12.8. The molecule has 9 nitrogen and oxygen atoms in total. The molecular formula is C23H21N5O4S2. The molecule has 0 aliphatic heterocycles. The first-order valence-electron chi connectivity index (χ1n) is 10.3. The van der Waals surface area contributed by atoms with E-state index in [4.69, 9.17) is 4.74 Å². The molecule has 0 bridgehead atoms. The molecule has 0 atom stereocenters. The Morgan fingerprint density at radius 3 is 2.68 bits per heavy atom. The lowest BCUT2D eigenvalue weighted by Gasteiger charge is -2.09. The Balaban J connectivity index is 1.39. The molecular weight excluding hydrogens is 474 g/mol. The number of thioether (sulfide) groups is 1. The molecule has 0 radical (unpaired) electrons. The van der Waals surface area contributed by atoms with Crippen LogP contribution in [0.25, 0.3) is 10.1 Å². The number of benzene rings is 2. The van der Waals surface area contributed by atoms with Gasteiger partial charge in [0.2, 0.25) is 5.91 Å². The minimum absolute atomic E-state index is 0.164. The van der Waals surface area contributed by atoms with Crippen LogP contribution in [0.15, 0.2) is 60.0 Å². The number of aryl methyl sites for hydroxylation is 1. The van der Waals surface area contributed by atoms with Gasteiger partial charge in [-0.1, -0.05) is 17.8 Å². The first kappa shape index (κ1) is 23.5. The monoisotopic (exact) mass is 495 g/mol. The average molecular weight is 496 g/mol. The number of amides is 2. The van der Waals surface area contributed by atoms with Crippen molar-refractivity contribution in [1.29, 1.82) is 0 Å². The van der Waals surface area contributed by atoms with Crippen molar-refractivity contribution in [3.05, 3.63) is 65.3 Å². The maximum Gasteiger partial charge on any atom is 0.348 e. The molecule has 4 aromatic rings. The Bertz CT molecular complexity index is 1360. The zero-order valence-electron chi connectivity index (χ0n) is 18.4. The molecule has 2 aromatic carbocycles. The molecule has 2 heterocycles. The standard InChI is InChI=1S/C23H21N5O4S2/c1-3-32-22(31)19-11-15-10-17(7-8-18(15)34-19)26-21(30)14-5-4-6-16(9-14)25-20(29)12-33-23-27-24-13-28(23)2/h4-11,13H,3,12H2,1-2H3,(H,25,29)(H,26,30). The summed E-state index contributed by atoms with van der Waals surface area (Å²) in [6, 6.07) is 13.9. The van der Waals surface area contributed by atoms with Gasteiger partial charge < -0.3 is 19.9 Å². The second kappa shape index (κ2) is 10.5. The third-order valence-corrected chi connectivity index (χ3v) is 6.79. The number of hydrogen-bond donors (Lipinski definition) is 2. The van der Waals surface area contributed by atoms with E-state index in [-0.39, 0.29) is 23.5 Å². The summed E-state index contributed by atoms with van der Waals surface area (Å²) in [5.41, 5.74) is 1.51. The smallest absolute Gasteiger partial charge is 0.348 e. The maximum atomic E-state index is 12.8. The molecule has 2 amide bonds. The van der Waals surface area contributed by atoms with Crippen LogP contribution in [0.4, 0.5) is 11.4 Å². The molecule has 0 saturated carbocycles. The van der Waals surface area contributed by atoms with E-state index in [0.29, 0.717) is 33.6 Å². The summed E-state index contributed by atoms with van der Waals surface area (Å²) < 4.78 is 7.70. The Kier molecular flexibility index (Phi) is 7.24. The molecule has 34 heavy (non-hydrogen) atoms. The second-order valence-corrected chi connectivity index (χ2v) is 9.21. The van der Waals surface area contributed by atoms with Gasteiger partial charge in [0, 0.05) is 28.7 Å². The number of aromatic nitrogens is 3. The Labute approximate surface area is 203 Å². The van der Waals surface area contributed by atoms with E-state index in [0.717, 1.165) is 10.1 Å². The third kappa shape index (κ3) is 5.61. The van der Waals surface area contributed by atoms with E-state index in [1.807, 2.05) is 12.1 Å². The molecule has 2 N–H and O–H groups in total. The fraction of sp³-hybridized carbons (Fsp3) is 0.174. The fourth-order valence-electron chi connectivity index (χ4n) is 3.10. The Morgan fingerprint density at radius 1 is 1.09 bits per heavy atom. The number of esters is 1. The van der Waals surface area contributed by atoms with Crippen molar-refractivity contribution in [2.75, 3.05) is 23.0 Å². The van der Waals surface area contributed by atoms with Crippen LogP contribution in [-0.4, -0.2) is 44.9 Å². The molecule has 0 fully saturated rings. The highest BCUT2D eigenvalue weighted by molar-refractivity contribution is 7.99. The largest absolute Gasteiger partial charge is 0.462 e. The number of nitrogens with zero attached hydrogens (tertiary/aromatic N) is 3. The highest BCUT2D eigenvalue weighted by Crippen LogP contribution is 2.29. The van der Waals surface area contributed by atoms with Gasteiger partial charge in [-0.05, 0) is 54.8 Å². The summed E-state index contributed by atoms with van der Waals surface area (Å²) >= 11 is 2.61. The Hall–Kier alpha value is -3.70. The summed E-state index contributed by atoms with van der Waals surface area (Å²) in [5, 5.41) is 14.8. The molecule has 0 unspecified atom stereocenters. The highest BCUT2D eigenvalue weighted by atomic mass is 32.2. The van der Waals surface area contributed by atoms with Crippen LogP contribution in [0.2, 0.25) is 0 Å². The van der Waals surface area contributed by atoms with Crippen LogP contribution < -0.4 is 10.6 Å². The SMILES string of the molecule is CCOC(=O)c1cc2cc(NC(=O)c3cccc(NC(=O)CSc4nncn4C)c3)ccc2s1. The third-order valence-electron chi connectivity index (χ3n) is 4.66. The van der Waals surface area contributed by atoms with Crippen molar-refractivity contribution < 1.29 is 19.1 Å². The van der Waals surface area contributed by atoms with Gasteiger partial charge in [-0.15, -0.1) is 21.5 Å². The van der Waals surface area contributed by atoms with E-state index in [1.54, 1.807) is 61.3 Å². The summed E-state index contributed by atoms with van der Waals surface area (Å²) in [7, 11) is 1.80. The average Bonchev–Trinajstić information content (AvgIpc) is 3.43. The molecule has 11 heteroatoms. The van der Waals surface area contributed by atoms with E-state index in [9.17, 15) is 14.4 Å². The van der Waals surface area contributed by atoms with E-state index in [2.05, 4.69) is 20.8 Å². The minimum atomic E-state index is -0.358. The lowest BCUT2D eigenvalue weighted by Crippen LogP contribution is -2.16. The normalized spacial score (nSPS) is 10.8. The highest BCUT2D eigenvalue weighted by Gasteiger charge is 2.13. The first-order chi connectivity index (χ1) is 16.4.